The Hall–Kier alpha value is -1.96. The van der Waals surface area contributed by atoms with Crippen LogP contribution in [0.25, 0.3) is 0 Å². The third-order valence-corrected chi connectivity index (χ3v) is 6.45. The third kappa shape index (κ3) is 12.0. The van der Waals surface area contributed by atoms with E-state index in [1.807, 2.05) is 50.6 Å². The monoisotopic (exact) mass is 464 g/mol. The van der Waals surface area contributed by atoms with Crippen LogP contribution in [0.2, 0.25) is 0 Å². The van der Waals surface area contributed by atoms with Crippen molar-refractivity contribution in [3.63, 3.8) is 0 Å². The summed E-state index contributed by atoms with van der Waals surface area (Å²) in [6, 6.07) is 2.26. The van der Waals surface area contributed by atoms with E-state index >= 15 is 0 Å². The minimum atomic E-state index is 1.13. The lowest BCUT2D eigenvalue weighted by molar-refractivity contribution is 0.640. The first-order valence-electron chi connectivity index (χ1n) is 14.2. The highest BCUT2D eigenvalue weighted by Crippen LogP contribution is 2.37. The second-order valence-electron chi connectivity index (χ2n) is 9.39. The molecule has 0 spiro atoms. The van der Waals surface area contributed by atoms with Gasteiger partial charge in [-0.25, -0.2) is 0 Å². The van der Waals surface area contributed by atoms with Gasteiger partial charge in [0.1, 0.15) is 0 Å². The van der Waals surface area contributed by atoms with Crippen molar-refractivity contribution in [1.82, 2.24) is 0 Å². The summed E-state index contributed by atoms with van der Waals surface area (Å²) in [5, 5.41) is 0. The molecule has 0 atom stereocenters. The fourth-order valence-corrected chi connectivity index (χ4v) is 4.49. The molecule has 1 aromatic carbocycles. The van der Waals surface area contributed by atoms with Gasteiger partial charge in [-0.2, -0.15) is 0 Å². The van der Waals surface area contributed by atoms with Gasteiger partial charge < -0.3 is 0 Å². The number of rotatable bonds is 19. The van der Waals surface area contributed by atoms with Gasteiger partial charge in [0.05, 0.1) is 11.4 Å². The molecule has 0 fully saturated rings. The molecular weight excluding hydrogens is 412 g/mol. The second kappa shape index (κ2) is 20.4. The smallest absolute Gasteiger partial charge is 0.0686 e. The predicted octanol–water partition coefficient (Wildman–Crippen LogP) is 10.6. The summed E-state index contributed by atoms with van der Waals surface area (Å²) < 4.78 is 0. The molecule has 0 aliphatic heterocycles. The Morgan fingerprint density at radius 2 is 0.912 bits per heavy atom. The van der Waals surface area contributed by atoms with E-state index in [-0.39, 0.29) is 0 Å². The van der Waals surface area contributed by atoms with Gasteiger partial charge in [-0.15, -0.1) is 0 Å². The Bertz CT molecular complexity index is 711. The van der Waals surface area contributed by atoms with Crippen molar-refractivity contribution < 1.29 is 0 Å². The van der Waals surface area contributed by atoms with E-state index in [1.165, 1.54) is 88.2 Å². The Kier molecular flexibility index (Phi) is 18.1. The highest BCUT2D eigenvalue weighted by Gasteiger charge is 2.17. The van der Waals surface area contributed by atoms with E-state index in [9.17, 15) is 0 Å². The van der Waals surface area contributed by atoms with Crippen LogP contribution in [0, 0.1) is 0 Å². The lowest BCUT2D eigenvalue weighted by Crippen LogP contribution is -2.04. The predicted molar refractivity (Wildman–Crippen MR) is 156 cm³/mol. The number of benzene rings is 1. The molecule has 2 nitrogen and oxygen atoms in total. The van der Waals surface area contributed by atoms with E-state index in [1.54, 1.807) is 5.56 Å². The van der Waals surface area contributed by atoms with Crippen LogP contribution >= 0.6 is 0 Å². The molecule has 1 aromatic rings. The number of hydrogen-bond acceptors (Lipinski definition) is 2. The molecule has 0 aliphatic carbocycles. The minimum Gasteiger partial charge on any atom is -0.257 e. The molecule has 0 radical (unpaired) electrons. The molecule has 0 unspecified atom stereocenters. The summed E-state index contributed by atoms with van der Waals surface area (Å²) in [6.07, 6.45) is 30.9. The van der Waals surface area contributed by atoms with Crippen LogP contribution in [0.4, 0.5) is 11.4 Å². The van der Waals surface area contributed by atoms with Crippen LogP contribution in [0.15, 0.2) is 40.4 Å². The maximum absolute atomic E-state index is 4.94. The van der Waals surface area contributed by atoms with Crippen LogP contribution in [-0.4, -0.2) is 12.4 Å². The normalized spacial score (nSPS) is 12.4. The molecule has 0 aromatic heterocycles. The number of allylic oxidation sites excluding steroid dienone is 4. The van der Waals surface area contributed by atoms with E-state index in [0.717, 1.165) is 30.6 Å². The van der Waals surface area contributed by atoms with Crippen molar-refractivity contribution in [3.8, 4) is 0 Å². The summed E-state index contributed by atoms with van der Waals surface area (Å²) >= 11 is 0. The Labute approximate surface area is 211 Å². The summed E-state index contributed by atoms with van der Waals surface area (Å²) in [6.45, 7) is 11.0. The highest BCUT2D eigenvalue weighted by atomic mass is 14.8. The molecule has 0 aliphatic rings. The number of hydrogen-bond donors (Lipinski definition) is 0. The fraction of sp³-hybridized carbons (Fsp3) is 0.625. The van der Waals surface area contributed by atoms with E-state index < -0.39 is 0 Å². The van der Waals surface area contributed by atoms with Gasteiger partial charge in [0.25, 0.3) is 0 Å². The number of aliphatic imine (C=N–C) groups is 2. The largest absolute Gasteiger partial charge is 0.257 e. The van der Waals surface area contributed by atoms with Crippen LogP contribution in [0.3, 0.4) is 0 Å². The highest BCUT2D eigenvalue weighted by molar-refractivity contribution is 5.79. The molecule has 0 bridgehead atoms. The SMILES string of the molecule is C/C=C/C=N\c1cc(/N=C/C=C/C)c(CCCCCC)c(CCCCCC)c1CCCCCC. The zero-order chi connectivity index (χ0) is 24.9. The molecule has 1 rings (SSSR count). The maximum Gasteiger partial charge on any atom is 0.0686 e. The summed E-state index contributed by atoms with van der Waals surface area (Å²) in [5.41, 5.74) is 6.80. The van der Waals surface area contributed by atoms with Gasteiger partial charge in [0, 0.05) is 12.4 Å². The van der Waals surface area contributed by atoms with Gasteiger partial charge in [-0.3, -0.25) is 9.98 Å². The van der Waals surface area contributed by atoms with Crippen molar-refractivity contribution in [2.75, 3.05) is 0 Å². The lowest BCUT2D eigenvalue weighted by Gasteiger charge is -2.20. The fourth-order valence-electron chi connectivity index (χ4n) is 4.49. The molecule has 0 heterocycles. The van der Waals surface area contributed by atoms with Crippen LogP contribution in [0.1, 0.15) is 128 Å². The van der Waals surface area contributed by atoms with E-state index in [0.29, 0.717) is 0 Å². The Balaban J connectivity index is 3.54. The number of nitrogens with zero attached hydrogens (tertiary/aromatic N) is 2. The Morgan fingerprint density at radius 3 is 1.26 bits per heavy atom. The van der Waals surface area contributed by atoms with Crippen molar-refractivity contribution >= 4 is 23.8 Å². The molecule has 0 N–H and O–H groups in total. The quantitative estimate of drug-likeness (QED) is 0.144. The topological polar surface area (TPSA) is 24.7 Å². The third-order valence-electron chi connectivity index (χ3n) is 6.45. The van der Waals surface area contributed by atoms with Gasteiger partial charge in [0.2, 0.25) is 0 Å². The first kappa shape index (κ1) is 30.1. The molecule has 0 saturated carbocycles. The van der Waals surface area contributed by atoms with Crippen LogP contribution in [-0.2, 0) is 19.3 Å². The van der Waals surface area contributed by atoms with Crippen LogP contribution in [0.5, 0.6) is 0 Å². The minimum absolute atomic E-state index is 1.13. The van der Waals surface area contributed by atoms with Crippen LogP contribution < -0.4 is 0 Å². The Morgan fingerprint density at radius 1 is 0.529 bits per heavy atom. The van der Waals surface area contributed by atoms with Gasteiger partial charge in [-0.1, -0.05) is 90.7 Å². The van der Waals surface area contributed by atoms with E-state index in [2.05, 4.69) is 26.8 Å². The molecule has 2 heteroatoms. The zero-order valence-electron chi connectivity index (χ0n) is 23.0. The van der Waals surface area contributed by atoms with Crippen molar-refractivity contribution in [1.29, 1.82) is 0 Å². The van der Waals surface area contributed by atoms with Crippen molar-refractivity contribution in [2.24, 2.45) is 9.98 Å². The number of unbranched alkanes of at least 4 members (excludes halogenated alkanes) is 9. The summed E-state index contributed by atoms with van der Waals surface area (Å²) in [7, 11) is 0. The molecule has 0 amide bonds. The first-order chi connectivity index (χ1) is 16.7. The maximum atomic E-state index is 4.94. The van der Waals surface area contributed by atoms with Gasteiger partial charge in [0.15, 0.2) is 0 Å². The first-order valence-corrected chi connectivity index (χ1v) is 14.2. The van der Waals surface area contributed by atoms with Crippen molar-refractivity contribution in [3.05, 3.63) is 47.1 Å². The molecule has 0 saturated heterocycles. The second-order valence-corrected chi connectivity index (χ2v) is 9.39. The van der Waals surface area contributed by atoms with Crippen molar-refractivity contribution in [2.45, 2.75) is 131 Å². The average molecular weight is 465 g/mol. The summed E-state index contributed by atoms with van der Waals surface area (Å²) in [4.78, 5) is 9.87. The van der Waals surface area contributed by atoms with E-state index in [4.69, 9.17) is 9.98 Å². The lowest BCUT2D eigenvalue weighted by atomic mass is 9.87. The molecule has 34 heavy (non-hydrogen) atoms. The summed E-state index contributed by atoms with van der Waals surface area (Å²) in [5.74, 6) is 0. The molecular formula is C32H52N2. The van der Waals surface area contributed by atoms with Gasteiger partial charge >= 0.3 is 0 Å². The average Bonchev–Trinajstić information content (AvgIpc) is 2.84. The zero-order valence-corrected chi connectivity index (χ0v) is 23.0. The van der Waals surface area contributed by atoms with Gasteiger partial charge in [-0.05, 0) is 87.3 Å². The molecule has 190 valence electrons. The standard InChI is InChI=1S/C32H52N2/c1-6-11-16-19-22-28-29(23-20-17-12-7-2)31(33-25-14-9-4)27-32(34-26-15-10-5)30(28)24-21-18-13-8-3/h9-10,14-15,25-27H,6-8,11-13,16-24H2,1-5H3/b14-9+,15-10+,33-25-,34-26+.